The highest BCUT2D eigenvalue weighted by Gasteiger charge is 2.12. The van der Waals surface area contributed by atoms with Crippen molar-refractivity contribution in [3.63, 3.8) is 0 Å². The van der Waals surface area contributed by atoms with Crippen LogP contribution in [0.4, 0.5) is 11.4 Å². The van der Waals surface area contributed by atoms with Crippen LogP contribution in [0.1, 0.15) is 91.4 Å². The summed E-state index contributed by atoms with van der Waals surface area (Å²) in [5.74, 6) is 2.01. The molecule has 2 aliphatic rings. The molecule has 2 fully saturated rings. The lowest BCUT2D eigenvalue weighted by Gasteiger charge is -2.29. The van der Waals surface area contributed by atoms with E-state index < -0.39 is 0 Å². The van der Waals surface area contributed by atoms with Gasteiger partial charge in [0.25, 0.3) is 0 Å². The van der Waals surface area contributed by atoms with E-state index in [0.717, 1.165) is 30.9 Å². The number of unbranched alkanes of at least 4 members (excludes halogenated alkanes) is 1. The second-order valence-electron chi connectivity index (χ2n) is 10.2. The van der Waals surface area contributed by atoms with Crippen molar-refractivity contribution in [3.05, 3.63) is 48.5 Å². The van der Waals surface area contributed by atoms with Crippen LogP contribution in [0, 0.1) is 0 Å². The summed E-state index contributed by atoms with van der Waals surface area (Å²) in [6.07, 6.45) is 14.3. The number of nitrogens with zero attached hydrogens (tertiary/aromatic N) is 2. The summed E-state index contributed by atoms with van der Waals surface area (Å²) in [4.78, 5) is 4.95. The van der Waals surface area contributed by atoms with Crippen LogP contribution in [0.2, 0.25) is 0 Å². The predicted molar refractivity (Wildman–Crippen MR) is 155 cm³/mol. The molecule has 2 heterocycles. The maximum Gasteiger partial charge on any atom is 0.119 e. The van der Waals surface area contributed by atoms with Gasteiger partial charge in [0.15, 0.2) is 0 Å². The third kappa shape index (κ3) is 9.59. The van der Waals surface area contributed by atoms with E-state index in [1.54, 1.807) is 0 Å². The Kier molecular flexibility index (Phi) is 12.9. The van der Waals surface area contributed by atoms with Crippen LogP contribution in [0.3, 0.4) is 0 Å². The molecular formula is C32H50N2O2. The summed E-state index contributed by atoms with van der Waals surface area (Å²) < 4.78 is 11.7. The van der Waals surface area contributed by atoms with Gasteiger partial charge < -0.3 is 19.3 Å². The highest BCUT2D eigenvalue weighted by molar-refractivity contribution is 5.50. The Labute approximate surface area is 221 Å². The van der Waals surface area contributed by atoms with Crippen LogP contribution in [-0.4, -0.2) is 38.9 Å². The van der Waals surface area contributed by atoms with Crippen LogP contribution in [0.25, 0.3) is 0 Å². The average Bonchev–Trinajstić information content (AvgIpc) is 2.96. The third-order valence-electron chi connectivity index (χ3n) is 7.23. The lowest BCUT2D eigenvalue weighted by atomic mass is 10.1. The summed E-state index contributed by atoms with van der Waals surface area (Å²) in [5.41, 5.74) is 2.68. The molecule has 0 bridgehead atoms. The Morgan fingerprint density at radius 2 is 1.14 bits per heavy atom. The number of hydrogen-bond donors (Lipinski definition) is 0. The van der Waals surface area contributed by atoms with Crippen molar-refractivity contribution in [1.29, 1.82) is 0 Å². The van der Waals surface area contributed by atoms with Crippen molar-refractivity contribution >= 4 is 11.4 Å². The summed E-state index contributed by atoms with van der Waals surface area (Å²) in [6.45, 7) is 12.2. The number of hydrogen-bond acceptors (Lipinski definition) is 4. The van der Waals surface area contributed by atoms with E-state index in [1.807, 2.05) is 0 Å². The molecular weight excluding hydrogens is 444 g/mol. The third-order valence-corrected chi connectivity index (χ3v) is 7.23. The second kappa shape index (κ2) is 16.4. The van der Waals surface area contributed by atoms with Gasteiger partial charge in [-0.05, 0) is 106 Å². The van der Waals surface area contributed by atoms with Crippen molar-refractivity contribution in [2.45, 2.75) is 97.5 Å². The highest BCUT2D eigenvalue weighted by atomic mass is 16.5. The van der Waals surface area contributed by atoms with E-state index in [-0.39, 0.29) is 0 Å². The van der Waals surface area contributed by atoms with Crippen LogP contribution in [0.5, 0.6) is 11.5 Å². The SMILES string of the molecule is CCCCC(CC)Oc1ccc(N2CCCCC2)cc1.CCCOc1ccc(N2CCCCC2)cc1. The molecule has 0 spiro atoms. The molecule has 36 heavy (non-hydrogen) atoms. The topological polar surface area (TPSA) is 24.9 Å². The first kappa shape index (κ1) is 28.2. The Bertz CT molecular complexity index is 809. The van der Waals surface area contributed by atoms with Crippen LogP contribution in [-0.2, 0) is 0 Å². The molecule has 0 aromatic heterocycles. The minimum absolute atomic E-state index is 0.371. The van der Waals surface area contributed by atoms with Gasteiger partial charge in [-0.3, -0.25) is 0 Å². The first-order valence-electron chi connectivity index (χ1n) is 14.7. The summed E-state index contributed by atoms with van der Waals surface area (Å²) in [6, 6.07) is 17.2. The molecule has 2 aliphatic heterocycles. The van der Waals surface area contributed by atoms with Gasteiger partial charge >= 0.3 is 0 Å². The van der Waals surface area contributed by atoms with Crippen LogP contribution in [0.15, 0.2) is 48.5 Å². The number of benzene rings is 2. The van der Waals surface area contributed by atoms with Crippen molar-refractivity contribution in [2.24, 2.45) is 0 Å². The fraction of sp³-hybridized carbons (Fsp3) is 0.625. The van der Waals surface area contributed by atoms with Crippen molar-refractivity contribution in [3.8, 4) is 11.5 Å². The molecule has 0 amide bonds. The average molecular weight is 495 g/mol. The van der Waals surface area contributed by atoms with Gasteiger partial charge in [0.05, 0.1) is 12.7 Å². The molecule has 2 aromatic carbocycles. The van der Waals surface area contributed by atoms with Gasteiger partial charge in [-0.15, -0.1) is 0 Å². The van der Waals surface area contributed by atoms with E-state index in [2.05, 4.69) is 79.1 Å². The Morgan fingerprint density at radius 3 is 1.58 bits per heavy atom. The van der Waals surface area contributed by atoms with Gasteiger partial charge in [-0.2, -0.15) is 0 Å². The summed E-state index contributed by atoms with van der Waals surface area (Å²) >= 11 is 0. The predicted octanol–water partition coefficient (Wildman–Crippen LogP) is 8.49. The summed E-state index contributed by atoms with van der Waals surface area (Å²) in [5, 5.41) is 0. The van der Waals surface area contributed by atoms with Gasteiger partial charge in [0.1, 0.15) is 11.5 Å². The molecule has 2 aromatic rings. The Morgan fingerprint density at radius 1 is 0.639 bits per heavy atom. The van der Waals surface area contributed by atoms with E-state index in [0.29, 0.717) is 6.10 Å². The molecule has 2 saturated heterocycles. The molecule has 4 heteroatoms. The normalized spacial score (nSPS) is 16.6. The van der Waals surface area contributed by atoms with E-state index >= 15 is 0 Å². The minimum atomic E-state index is 0.371. The maximum atomic E-state index is 6.09. The monoisotopic (exact) mass is 494 g/mol. The van der Waals surface area contributed by atoms with E-state index in [4.69, 9.17) is 9.47 Å². The van der Waals surface area contributed by atoms with Crippen molar-refractivity contribution < 1.29 is 9.47 Å². The smallest absolute Gasteiger partial charge is 0.119 e. The minimum Gasteiger partial charge on any atom is -0.494 e. The van der Waals surface area contributed by atoms with Gasteiger partial charge in [0, 0.05) is 37.6 Å². The zero-order valence-corrected chi connectivity index (χ0v) is 23.2. The molecule has 4 rings (SSSR count). The largest absolute Gasteiger partial charge is 0.494 e. The lowest BCUT2D eigenvalue weighted by molar-refractivity contribution is 0.183. The van der Waals surface area contributed by atoms with Gasteiger partial charge in [-0.1, -0.05) is 33.6 Å². The van der Waals surface area contributed by atoms with Crippen LogP contribution < -0.4 is 19.3 Å². The van der Waals surface area contributed by atoms with Crippen molar-refractivity contribution in [2.75, 3.05) is 42.6 Å². The first-order chi connectivity index (χ1) is 17.7. The molecule has 1 unspecified atom stereocenters. The quantitative estimate of drug-likeness (QED) is 0.313. The van der Waals surface area contributed by atoms with Crippen molar-refractivity contribution in [1.82, 2.24) is 0 Å². The maximum absolute atomic E-state index is 6.09. The molecule has 0 N–H and O–H groups in total. The van der Waals surface area contributed by atoms with E-state index in [9.17, 15) is 0 Å². The number of anilines is 2. The zero-order chi connectivity index (χ0) is 25.4. The standard InChI is InChI=1S/C18H29NO.C14H21NO/c1-3-5-9-17(4-2)20-18-12-10-16(11-13-18)19-14-7-6-8-15-19;1-2-12-16-14-8-6-13(7-9-14)15-10-4-3-5-11-15/h10-13,17H,3-9,14-15H2,1-2H3;6-9H,2-5,10-12H2,1H3. The molecule has 0 radical (unpaired) electrons. The van der Waals surface area contributed by atoms with Gasteiger partial charge in [0.2, 0.25) is 0 Å². The summed E-state index contributed by atoms with van der Waals surface area (Å²) in [7, 11) is 0. The Balaban J connectivity index is 0.000000205. The fourth-order valence-corrected chi connectivity index (χ4v) is 4.98. The molecule has 200 valence electrons. The number of piperidine rings is 2. The highest BCUT2D eigenvalue weighted by Crippen LogP contribution is 2.25. The fourth-order valence-electron chi connectivity index (χ4n) is 4.98. The molecule has 1 atom stereocenters. The molecule has 4 nitrogen and oxygen atoms in total. The van der Waals surface area contributed by atoms with Gasteiger partial charge in [-0.25, -0.2) is 0 Å². The lowest BCUT2D eigenvalue weighted by Crippen LogP contribution is -2.29. The molecule has 0 saturated carbocycles. The first-order valence-corrected chi connectivity index (χ1v) is 14.7. The van der Waals surface area contributed by atoms with Crippen LogP contribution >= 0.6 is 0 Å². The van der Waals surface area contributed by atoms with E-state index in [1.165, 1.54) is 95.3 Å². The zero-order valence-electron chi connectivity index (χ0n) is 23.2. The number of rotatable bonds is 11. The Hall–Kier alpha value is -2.36. The second-order valence-corrected chi connectivity index (χ2v) is 10.2. The molecule has 0 aliphatic carbocycles. The number of ether oxygens (including phenoxy) is 2.